The molecule has 0 bridgehead atoms. The summed E-state index contributed by atoms with van der Waals surface area (Å²) in [6.07, 6.45) is 0. The zero-order valence-corrected chi connectivity index (χ0v) is 10.9. The lowest BCUT2D eigenvalue weighted by Crippen LogP contribution is -1.95. The Morgan fingerprint density at radius 3 is 2.67 bits per heavy atom. The van der Waals surface area contributed by atoms with Crippen LogP contribution in [0.15, 0.2) is 18.2 Å². The van der Waals surface area contributed by atoms with Crippen LogP contribution in [0.4, 0.5) is 5.82 Å². The maximum atomic E-state index is 6.13. The summed E-state index contributed by atoms with van der Waals surface area (Å²) in [6.45, 7) is 0.446. The molecular weight excluding hydrogens is 254 g/mol. The Bertz CT molecular complexity index is 554. The van der Waals surface area contributed by atoms with E-state index in [0.717, 1.165) is 16.8 Å². The number of hydrogen-bond acceptors (Lipinski definition) is 4. The van der Waals surface area contributed by atoms with Gasteiger partial charge in [-0.1, -0.05) is 11.6 Å². The third kappa shape index (κ3) is 2.42. The van der Waals surface area contributed by atoms with Crippen LogP contribution >= 0.6 is 11.6 Å². The van der Waals surface area contributed by atoms with Crippen LogP contribution in [0.1, 0.15) is 5.56 Å². The normalized spacial score (nSPS) is 10.6. The Morgan fingerprint density at radius 2 is 2.11 bits per heavy atom. The minimum absolute atomic E-state index is 0.431. The van der Waals surface area contributed by atoms with Gasteiger partial charge in [-0.05, 0) is 17.7 Å². The van der Waals surface area contributed by atoms with Crippen molar-refractivity contribution in [1.29, 1.82) is 0 Å². The second-order valence-corrected chi connectivity index (χ2v) is 4.19. The van der Waals surface area contributed by atoms with Gasteiger partial charge in [0.2, 0.25) is 0 Å². The van der Waals surface area contributed by atoms with E-state index in [1.54, 1.807) is 20.3 Å². The highest BCUT2D eigenvalue weighted by Gasteiger charge is 2.12. The molecule has 2 rings (SSSR count). The number of aromatic amines is 1. The topological polar surface area (TPSA) is 73.2 Å². The van der Waals surface area contributed by atoms with E-state index in [4.69, 9.17) is 26.8 Å². The van der Waals surface area contributed by atoms with Gasteiger partial charge < -0.3 is 15.2 Å². The molecule has 0 unspecified atom stereocenters. The Balaban J connectivity index is 2.54. The first-order chi connectivity index (χ1) is 8.65. The van der Waals surface area contributed by atoms with E-state index < -0.39 is 0 Å². The van der Waals surface area contributed by atoms with Crippen molar-refractivity contribution in [2.24, 2.45) is 0 Å². The molecule has 0 spiro atoms. The lowest BCUT2D eigenvalue weighted by Gasteiger charge is -2.11. The van der Waals surface area contributed by atoms with Gasteiger partial charge in [0.1, 0.15) is 11.6 Å². The van der Waals surface area contributed by atoms with E-state index in [1.165, 1.54) is 0 Å². The first-order valence-corrected chi connectivity index (χ1v) is 5.70. The molecule has 0 radical (unpaired) electrons. The maximum absolute atomic E-state index is 6.13. The molecule has 6 heteroatoms. The van der Waals surface area contributed by atoms with Crippen molar-refractivity contribution < 1.29 is 9.47 Å². The van der Waals surface area contributed by atoms with Crippen molar-refractivity contribution in [3.63, 3.8) is 0 Å². The van der Waals surface area contributed by atoms with E-state index in [1.807, 2.05) is 12.1 Å². The van der Waals surface area contributed by atoms with Crippen molar-refractivity contribution in [2.75, 3.05) is 20.0 Å². The van der Waals surface area contributed by atoms with E-state index in [0.29, 0.717) is 23.2 Å². The monoisotopic (exact) mass is 267 g/mol. The molecule has 1 aromatic carbocycles. The molecule has 0 aliphatic heterocycles. The van der Waals surface area contributed by atoms with Gasteiger partial charge in [-0.3, -0.25) is 5.10 Å². The quantitative estimate of drug-likeness (QED) is 0.892. The van der Waals surface area contributed by atoms with Gasteiger partial charge in [0.15, 0.2) is 0 Å². The highest BCUT2D eigenvalue weighted by molar-refractivity contribution is 6.32. The number of hydrogen-bond donors (Lipinski definition) is 2. The molecule has 0 aliphatic carbocycles. The van der Waals surface area contributed by atoms with Gasteiger partial charge >= 0.3 is 0 Å². The molecule has 3 N–H and O–H groups in total. The molecule has 2 aromatic rings. The Labute approximate surface area is 110 Å². The number of halogens is 1. The number of nitrogen functional groups attached to an aromatic ring is 1. The van der Waals surface area contributed by atoms with Gasteiger partial charge in [0, 0.05) is 18.7 Å². The summed E-state index contributed by atoms with van der Waals surface area (Å²) in [5.41, 5.74) is 8.24. The first-order valence-electron chi connectivity index (χ1n) is 5.32. The van der Waals surface area contributed by atoms with Gasteiger partial charge in [-0.25, -0.2) is 0 Å². The molecule has 0 saturated heterocycles. The predicted molar refractivity (Wildman–Crippen MR) is 70.7 cm³/mol. The maximum Gasteiger partial charge on any atom is 0.145 e. The van der Waals surface area contributed by atoms with Crippen LogP contribution in [-0.2, 0) is 11.3 Å². The number of nitrogens with two attached hydrogens (primary N) is 1. The van der Waals surface area contributed by atoms with E-state index >= 15 is 0 Å². The molecule has 5 nitrogen and oxygen atoms in total. The molecule has 0 aliphatic rings. The van der Waals surface area contributed by atoms with Crippen molar-refractivity contribution in [2.45, 2.75) is 6.61 Å². The largest absolute Gasteiger partial charge is 0.495 e. The van der Waals surface area contributed by atoms with Crippen LogP contribution < -0.4 is 10.5 Å². The Kier molecular flexibility index (Phi) is 3.74. The fourth-order valence-corrected chi connectivity index (χ4v) is 1.99. The molecule has 18 heavy (non-hydrogen) atoms. The summed E-state index contributed by atoms with van der Waals surface area (Å²) >= 11 is 6.13. The van der Waals surface area contributed by atoms with Crippen molar-refractivity contribution in [1.82, 2.24) is 10.2 Å². The number of rotatable bonds is 4. The summed E-state index contributed by atoms with van der Waals surface area (Å²) < 4.78 is 10.4. The number of H-pyrrole nitrogens is 1. The molecule has 1 heterocycles. The average molecular weight is 268 g/mol. The summed E-state index contributed by atoms with van der Waals surface area (Å²) in [6, 6.07) is 5.40. The van der Waals surface area contributed by atoms with Gasteiger partial charge in [0.05, 0.1) is 24.4 Å². The van der Waals surface area contributed by atoms with Gasteiger partial charge in [0.25, 0.3) is 0 Å². The summed E-state index contributed by atoms with van der Waals surface area (Å²) in [4.78, 5) is 0. The highest BCUT2D eigenvalue weighted by atomic mass is 35.5. The van der Waals surface area contributed by atoms with Crippen LogP contribution in [0.25, 0.3) is 11.3 Å². The second-order valence-electron chi connectivity index (χ2n) is 3.78. The molecule has 0 fully saturated rings. The lowest BCUT2D eigenvalue weighted by molar-refractivity contribution is 0.185. The first kappa shape index (κ1) is 12.7. The summed E-state index contributed by atoms with van der Waals surface area (Å²) in [5, 5.41) is 7.29. The molecular formula is C12H14ClN3O2. The van der Waals surface area contributed by atoms with Crippen LogP contribution in [-0.4, -0.2) is 24.4 Å². The number of aromatic nitrogens is 2. The third-order valence-corrected chi connectivity index (χ3v) is 2.86. The molecule has 0 saturated carbocycles. The third-order valence-electron chi connectivity index (χ3n) is 2.57. The van der Waals surface area contributed by atoms with E-state index in [9.17, 15) is 0 Å². The van der Waals surface area contributed by atoms with E-state index in [-0.39, 0.29) is 0 Å². The predicted octanol–water partition coefficient (Wildman–Crippen LogP) is 2.47. The molecule has 96 valence electrons. The lowest BCUT2D eigenvalue weighted by atomic mass is 10.0. The molecule has 1 aromatic heterocycles. The second kappa shape index (κ2) is 5.29. The SMILES string of the molecule is COCc1cc(OC)c(Cl)cc1-c1cc(N)n[nH]1. The molecule has 0 atom stereocenters. The zero-order chi connectivity index (χ0) is 13.1. The Morgan fingerprint density at radius 1 is 1.33 bits per heavy atom. The number of nitrogens with zero attached hydrogens (tertiary/aromatic N) is 1. The van der Waals surface area contributed by atoms with E-state index in [2.05, 4.69) is 10.2 Å². The number of anilines is 1. The number of ether oxygens (including phenoxy) is 2. The number of methoxy groups -OCH3 is 2. The number of benzene rings is 1. The van der Waals surface area contributed by atoms with Gasteiger partial charge in [-0.15, -0.1) is 0 Å². The minimum Gasteiger partial charge on any atom is -0.495 e. The van der Waals surface area contributed by atoms with Crippen molar-refractivity contribution >= 4 is 17.4 Å². The van der Waals surface area contributed by atoms with Crippen molar-refractivity contribution in [3.05, 3.63) is 28.8 Å². The van der Waals surface area contributed by atoms with Crippen LogP contribution in [0, 0.1) is 0 Å². The smallest absolute Gasteiger partial charge is 0.145 e. The van der Waals surface area contributed by atoms with Crippen molar-refractivity contribution in [3.8, 4) is 17.0 Å². The standard InChI is InChI=1S/C12H14ClN3O2/c1-17-6-7-3-11(18-2)9(13)4-8(7)10-5-12(14)16-15-10/h3-5H,6H2,1-2H3,(H3,14,15,16). The Hall–Kier alpha value is -1.72. The van der Waals surface area contributed by atoms with Crippen LogP contribution in [0.3, 0.4) is 0 Å². The average Bonchev–Trinajstić information content (AvgIpc) is 2.78. The van der Waals surface area contributed by atoms with Crippen LogP contribution in [0.5, 0.6) is 5.75 Å². The van der Waals surface area contributed by atoms with Gasteiger partial charge in [-0.2, -0.15) is 5.10 Å². The fraction of sp³-hybridized carbons (Fsp3) is 0.250. The zero-order valence-electron chi connectivity index (χ0n) is 10.2. The van der Waals surface area contributed by atoms with Crippen LogP contribution in [0.2, 0.25) is 5.02 Å². The molecule has 0 amide bonds. The highest BCUT2D eigenvalue weighted by Crippen LogP contribution is 2.33. The number of nitrogens with one attached hydrogen (secondary N) is 1. The summed E-state index contributed by atoms with van der Waals surface area (Å²) in [5.74, 6) is 1.04. The fourth-order valence-electron chi connectivity index (χ4n) is 1.75. The minimum atomic E-state index is 0.431. The summed E-state index contributed by atoms with van der Waals surface area (Å²) in [7, 11) is 3.21.